The van der Waals surface area contributed by atoms with Crippen LogP contribution in [0.15, 0.2) is 28.5 Å². The third kappa shape index (κ3) is 3.29. The van der Waals surface area contributed by atoms with Crippen LogP contribution in [0.2, 0.25) is 5.02 Å². The Balaban J connectivity index is 1.51. The zero-order valence-electron chi connectivity index (χ0n) is 17.1. The maximum absolute atomic E-state index is 13.5. The lowest BCUT2D eigenvalue weighted by atomic mass is 9.49. The average molecular weight is 467 g/mol. The van der Waals surface area contributed by atoms with Gasteiger partial charge in [-0.1, -0.05) is 17.7 Å². The van der Waals surface area contributed by atoms with Crippen molar-refractivity contribution >= 4 is 38.1 Å². The van der Waals surface area contributed by atoms with Crippen molar-refractivity contribution in [1.29, 1.82) is 0 Å². The number of sulfonamides is 1. The maximum Gasteiger partial charge on any atom is 0.266 e. The van der Waals surface area contributed by atoms with Crippen LogP contribution < -0.4 is 4.31 Å². The highest BCUT2D eigenvalue weighted by Crippen LogP contribution is 2.60. The summed E-state index contributed by atoms with van der Waals surface area (Å²) in [7, 11) is -3.88. The summed E-state index contributed by atoms with van der Waals surface area (Å²) in [6.07, 6.45) is 7.62. The van der Waals surface area contributed by atoms with E-state index in [1.54, 1.807) is 25.1 Å². The first kappa shape index (κ1) is 20.7. The third-order valence-electron chi connectivity index (χ3n) is 7.38. The molecule has 4 fully saturated rings. The fraction of sp³-hybridized carbons (Fsp3) is 0.591. The quantitative estimate of drug-likeness (QED) is 0.666. The van der Waals surface area contributed by atoms with Crippen LogP contribution in [-0.2, 0) is 15.4 Å². The first-order valence-corrected chi connectivity index (χ1v) is 13.4. The standard InChI is InChI=1S/C22H27ClN2O3S2/c1-14-18(23)3-2-4-19(14)30(27,28)25(5-6-26)21-24-20(13-29-21)22-10-15-7-16(11-22)9-17(8-15)12-22/h2-4,13,15-17,26H,5-12H2,1H3. The Morgan fingerprint density at radius 1 is 1.20 bits per heavy atom. The van der Waals surface area contributed by atoms with Gasteiger partial charge in [0.05, 0.1) is 23.7 Å². The third-order valence-corrected chi connectivity index (χ3v) is 10.7. The van der Waals surface area contributed by atoms with E-state index in [0.717, 1.165) is 23.4 Å². The SMILES string of the molecule is Cc1c(Cl)cccc1S(=O)(=O)N(CCO)c1nc(C23CC4CC(CC(C4)C2)C3)cs1. The van der Waals surface area contributed by atoms with Gasteiger partial charge in [0, 0.05) is 15.8 Å². The van der Waals surface area contributed by atoms with Gasteiger partial charge in [-0.25, -0.2) is 17.7 Å². The van der Waals surface area contributed by atoms with Crippen LogP contribution in [0, 0.1) is 24.7 Å². The number of hydrogen-bond donors (Lipinski definition) is 1. The van der Waals surface area contributed by atoms with Crippen LogP contribution in [0.1, 0.15) is 49.8 Å². The van der Waals surface area contributed by atoms with E-state index in [-0.39, 0.29) is 23.5 Å². The number of nitrogens with zero attached hydrogens (tertiary/aromatic N) is 2. The maximum atomic E-state index is 13.5. The van der Waals surface area contributed by atoms with Crippen LogP contribution in [0.4, 0.5) is 5.13 Å². The summed E-state index contributed by atoms with van der Waals surface area (Å²) in [5.41, 5.74) is 1.69. The van der Waals surface area contributed by atoms with Crippen molar-refractivity contribution in [2.75, 3.05) is 17.5 Å². The molecule has 0 unspecified atom stereocenters. The van der Waals surface area contributed by atoms with Crippen LogP contribution >= 0.6 is 22.9 Å². The molecule has 1 N–H and O–H groups in total. The van der Waals surface area contributed by atoms with Crippen molar-refractivity contribution in [3.05, 3.63) is 39.9 Å². The van der Waals surface area contributed by atoms with Gasteiger partial charge in [-0.2, -0.15) is 0 Å². The molecule has 1 aromatic carbocycles. The van der Waals surface area contributed by atoms with E-state index in [0.29, 0.717) is 15.7 Å². The molecule has 4 aliphatic rings. The summed E-state index contributed by atoms with van der Waals surface area (Å²) in [6, 6.07) is 4.89. The topological polar surface area (TPSA) is 70.5 Å². The first-order chi connectivity index (χ1) is 14.3. The molecule has 4 bridgehead atoms. The lowest BCUT2D eigenvalue weighted by Crippen LogP contribution is -2.48. The normalized spacial score (nSPS) is 30.0. The molecular weight excluding hydrogens is 440 g/mol. The number of halogens is 1. The Bertz CT molecular complexity index is 1030. The van der Waals surface area contributed by atoms with Crippen molar-refractivity contribution in [2.45, 2.75) is 55.8 Å². The van der Waals surface area contributed by atoms with E-state index in [1.165, 1.54) is 54.2 Å². The highest BCUT2D eigenvalue weighted by atomic mass is 35.5. The molecule has 30 heavy (non-hydrogen) atoms. The van der Waals surface area contributed by atoms with Crippen molar-refractivity contribution in [1.82, 2.24) is 4.98 Å². The molecule has 0 aliphatic heterocycles. The van der Waals surface area contributed by atoms with Crippen molar-refractivity contribution in [2.24, 2.45) is 17.8 Å². The smallest absolute Gasteiger partial charge is 0.266 e. The Morgan fingerprint density at radius 2 is 1.83 bits per heavy atom. The summed E-state index contributed by atoms with van der Waals surface area (Å²) < 4.78 is 28.2. The number of anilines is 1. The molecule has 1 aromatic heterocycles. The molecule has 162 valence electrons. The van der Waals surface area contributed by atoms with E-state index in [1.807, 2.05) is 0 Å². The summed E-state index contributed by atoms with van der Waals surface area (Å²) in [5.74, 6) is 2.40. The molecule has 0 saturated heterocycles. The molecule has 0 spiro atoms. The summed E-state index contributed by atoms with van der Waals surface area (Å²) in [6.45, 7) is 1.41. The van der Waals surface area contributed by atoms with Crippen LogP contribution in [0.25, 0.3) is 0 Å². The van der Waals surface area contributed by atoms with E-state index < -0.39 is 10.0 Å². The van der Waals surface area contributed by atoms with Gasteiger partial charge in [0.25, 0.3) is 10.0 Å². The molecule has 0 amide bonds. The molecular formula is C22H27ClN2O3S2. The highest BCUT2D eigenvalue weighted by molar-refractivity contribution is 7.93. The second-order valence-corrected chi connectivity index (χ2v) is 12.5. The fourth-order valence-electron chi connectivity index (χ4n) is 6.44. The number of aromatic nitrogens is 1. The molecule has 5 nitrogen and oxygen atoms in total. The molecule has 4 aliphatic carbocycles. The van der Waals surface area contributed by atoms with Gasteiger partial charge >= 0.3 is 0 Å². The number of thiazole rings is 1. The molecule has 6 rings (SSSR count). The molecule has 1 heterocycles. The van der Waals surface area contributed by atoms with Gasteiger partial charge in [-0.3, -0.25) is 0 Å². The minimum atomic E-state index is -3.88. The second kappa shape index (κ2) is 7.47. The summed E-state index contributed by atoms with van der Waals surface area (Å²) in [4.78, 5) is 5.05. The number of aliphatic hydroxyl groups excluding tert-OH is 1. The molecule has 0 radical (unpaired) electrons. The van der Waals surface area contributed by atoms with E-state index in [9.17, 15) is 13.5 Å². The van der Waals surface area contributed by atoms with Crippen molar-refractivity contribution in [3.8, 4) is 0 Å². The molecule has 2 aromatic rings. The van der Waals surface area contributed by atoms with Gasteiger partial charge < -0.3 is 5.11 Å². The highest BCUT2D eigenvalue weighted by Gasteiger charge is 2.52. The largest absolute Gasteiger partial charge is 0.394 e. The van der Waals surface area contributed by atoms with Crippen LogP contribution in [-0.4, -0.2) is 31.7 Å². The van der Waals surface area contributed by atoms with E-state index in [4.69, 9.17) is 16.6 Å². The van der Waals surface area contributed by atoms with Gasteiger partial charge in [0.2, 0.25) is 0 Å². The van der Waals surface area contributed by atoms with Gasteiger partial charge in [0.15, 0.2) is 5.13 Å². The number of aliphatic hydroxyl groups is 1. The predicted molar refractivity (Wildman–Crippen MR) is 120 cm³/mol. The number of rotatable bonds is 6. The Morgan fingerprint density at radius 3 is 2.43 bits per heavy atom. The second-order valence-electron chi connectivity index (χ2n) is 9.38. The minimum Gasteiger partial charge on any atom is -0.394 e. The Labute approximate surface area is 187 Å². The van der Waals surface area contributed by atoms with Gasteiger partial charge in [-0.15, -0.1) is 11.3 Å². The monoisotopic (exact) mass is 466 g/mol. The zero-order chi connectivity index (χ0) is 21.1. The van der Waals surface area contributed by atoms with E-state index >= 15 is 0 Å². The first-order valence-electron chi connectivity index (χ1n) is 10.7. The zero-order valence-corrected chi connectivity index (χ0v) is 19.4. The molecule has 8 heteroatoms. The van der Waals surface area contributed by atoms with Gasteiger partial charge in [-0.05, 0) is 80.9 Å². The Kier molecular flexibility index (Phi) is 5.16. The lowest BCUT2D eigenvalue weighted by molar-refractivity contribution is -0.00689. The molecule has 0 atom stereocenters. The van der Waals surface area contributed by atoms with Crippen molar-refractivity contribution < 1.29 is 13.5 Å². The average Bonchev–Trinajstić information content (AvgIpc) is 3.17. The predicted octanol–water partition coefficient (Wildman–Crippen LogP) is 4.76. The minimum absolute atomic E-state index is 0.0257. The number of hydrogen-bond acceptors (Lipinski definition) is 5. The van der Waals surface area contributed by atoms with Crippen LogP contribution in [0.3, 0.4) is 0 Å². The fourth-order valence-corrected chi connectivity index (χ4v) is 9.53. The van der Waals surface area contributed by atoms with Crippen molar-refractivity contribution in [3.63, 3.8) is 0 Å². The van der Waals surface area contributed by atoms with Gasteiger partial charge in [0.1, 0.15) is 0 Å². The van der Waals surface area contributed by atoms with Crippen LogP contribution in [0.5, 0.6) is 0 Å². The van der Waals surface area contributed by atoms with E-state index in [2.05, 4.69) is 5.38 Å². The Hall–Kier alpha value is -1.15. The number of benzene rings is 1. The molecule has 4 saturated carbocycles. The lowest BCUT2D eigenvalue weighted by Gasteiger charge is -2.56. The summed E-state index contributed by atoms with van der Waals surface area (Å²) >= 11 is 7.55. The summed E-state index contributed by atoms with van der Waals surface area (Å²) in [5, 5.41) is 12.5.